The molecular weight excluding hydrogens is 544 g/mol. The molecule has 1 fully saturated rings. The zero-order valence-corrected chi connectivity index (χ0v) is 25.0. The zero-order chi connectivity index (χ0) is 30.4. The Morgan fingerprint density at radius 2 is 1.50 bits per heavy atom. The summed E-state index contributed by atoms with van der Waals surface area (Å²) in [6.45, 7) is 12.0. The number of likely N-dealkylation sites (N-methyl/N-ethyl adjacent to an activating group) is 1. The summed E-state index contributed by atoms with van der Waals surface area (Å²) in [6.07, 6.45) is -1.40. The molecule has 2 rings (SSSR count). The van der Waals surface area contributed by atoms with Gasteiger partial charge in [-0.1, -0.05) is 0 Å². The van der Waals surface area contributed by atoms with Gasteiger partial charge in [0, 0.05) is 38.8 Å². The van der Waals surface area contributed by atoms with Gasteiger partial charge in [-0.3, -0.25) is 19.9 Å². The molecule has 1 aromatic carbocycles. The van der Waals surface area contributed by atoms with Gasteiger partial charge in [0.1, 0.15) is 17.0 Å². The van der Waals surface area contributed by atoms with Crippen LogP contribution in [-0.4, -0.2) is 99.5 Å². The number of nitrogens with zero attached hydrogens (tertiary/aromatic N) is 4. The first-order valence-electron chi connectivity index (χ1n) is 12.8. The Balaban J connectivity index is 2.41. The summed E-state index contributed by atoms with van der Waals surface area (Å²) >= 11 is 5.43. The summed E-state index contributed by atoms with van der Waals surface area (Å²) in [7, 11) is 1.59. The van der Waals surface area contributed by atoms with Crippen LogP contribution in [0.3, 0.4) is 0 Å². The van der Waals surface area contributed by atoms with Crippen LogP contribution in [-0.2, 0) is 19.0 Å². The van der Waals surface area contributed by atoms with Crippen LogP contribution in [0.1, 0.15) is 48.5 Å². The summed E-state index contributed by atoms with van der Waals surface area (Å²) in [4.78, 5) is 54.2. The SMILES string of the molecule is CCOC(=O)[C@H]1[C@H](CN(C)C(=S)Oc2ccc([N+](=O)[O-])cc2)N(C(=O)OC(C)(C)C)CCN1C(=O)OC(C)(C)C. The van der Waals surface area contributed by atoms with Crippen molar-refractivity contribution in [2.75, 3.05) is 33.3 Å². The molecule has 1 aliphatic rings. The molecule has 1 aliphatic heterocycles. The lowest BCUT2D eigenvalue weighted by atomic mass is 10.0. The Morgan fingerprint density at radius 3 is 1.98 bits per heavy atom. The van der Waals surface area contributed by atoms with Crippen molar-refractivity contribution in [3.05, 3.63) is 34.4 Å². The molecular formula is C26H38N4O9S. The van der Waals surface area contributed by atoms with Gasteiger partial charge < -0.3 is 23.8 Å². The maximum atomic E-state index is 13.3. The molecule has 40 heavy (non-hydrogen) atoms. The molecule has 0 aliphatic carbocycles. The highest BCUT2D eigenvalue weighted by atomic mass is 32.1. The summed E-state index contributed by atoms with van der Waals surface area (Å²) in [5.74, 6) is -0.463. The molecule has 13 nitrogen and oxygen atoms in total. The van der Waals surface area contributed by atoms with Crippen molar-refractivity contribution >= 4 is 41.2 Å². The van der Waals surface area contributed by atoms with E-state index in [4.69, 9.17) is 31.2 Å². The third kappa shape index (κ3) is 9.21. The molecule has 2 atom stereocenters. The van der Waals surface area contributed by atoms with Crippen LogP contribution in [0.15, 0.2) is 24.3 Å². The fourth-order valence-electron chi connectivity index (χ4n) is 3.85. The van der Waals surface area contributed by atoms with E-state index in [1.807, 2.05) is 0 Å². The number of carbonyl (C=O) groups is 3. The van der Waals surface area contributed by atoms with Crippen LogP contribution in [0.5, 0.6) is 5.75 Å². The molecule has 0 aromatic heterocycles. The van der Waals surface area contributed by atoms with Gasteiger partial charge in [-0.05, 0) is 72.8 Å². The predicted octanol–water partition coefficient (Wildman–Crippen LogP) is 3.98. The fourth-order valence-corrected chi connectivity index (χ4v) is 4.02. The second kappa shape index (κ2) is 13.1. The lowest BCUT2D eigenvalue weighted by Gasteiger charge is -2.47. The van der Waals surface area contributed by atoms with E-state index >= 15 is 0 Å². The van der Waals surface area contributed by atoms with Crippen LogP contribution in [0.2, 0.25) is 0 Å². The highest BCUT2D eigenvalue weighted by Gasteiger charge is 2.48. The van der Waals surface area contributed by atoms with Gasteiger partial charge in [-0.2, -0.15) is 0 Å². The summed E-state index contributed by atoms with van der Waals surface area (Å²) in [5, 5.41) is 10.9. The van der Waals surface area contributed by atoms with Gasteiger partial charge in [0.25, 0.3) is 10.9 Å². The molecule has 0 radical (unpaired) electrons. The lowest BCUT2D eigenvalue weighted by Crippen LogP contribution is -2.68. The second-order valence-corrected chi connectivity index (χ2v) is 11.5. The zero-order valence-electron chi connectivity index (χ0n) is 24.2. The van der Waals surface area contributed by atoms with Crippen molar-refractivity contribution in [2.45, 2.75) is 71.8 Å². The van der Waals surface area contributed by atoms with Crippen LogP contribution in [0, 0.1) is 10.1 Å². The first kappa shape index (κ1) is 32.5. The van der Waals surface area contributed by atoms with E-state index < -0.39 is 46.4 Å². The van der Waals surface area contributed by atoms with Gasteiger partial charge in [-0.25, -0.2) is 14.4 Å². The second-order valence-electron chi connectivity index (χ2n) is 11.1. The minimum Gasteiger partial charge on any atom is -0.464 e. The van der Waals surface area contributed by atoms with Crippen molar-refractivity contribution in [3.8, 4) is 5.75 Å². The number of thiocarbonyl (C=S) groups is 1. The van der Waals surface area contributed by atoms with Gasteiger partial charge in [-0.15, -0.1) is 0 Å². The van der Waals surface area contributed by atoms with E-state index in [1.165, 1.54) is 39.0 Å². The Labute approximate surface area is 239 Å². The van der Waals surface area contributed by atoms with Gasteiger partial charge in [0.15, 0.2) is 6.04 Å². The molecule has 14 heteroatoms. The maximum Gasteiger partial charge on any atom is 0.411 e. The van der Waals surface area contributed by atoms with E-state index in [0.29, 0.717) is 0 Å². The predicted molar refractivity (Wildman–Crippen MR) is 149 cm³/mol. The Bertz CT molecular complexity index is 1100. The number of carbonyl (C=O) groups excluding carboxylic acids is 3. The fraction of sp³-hybridized carbons (Fsp3) is 0.615. The summed E-state index contributed by atoms with van der Waals surface area (Å²) in [6, 6.07) is 3.16. The average molecular weight is 583 g/mol. The van der Waals surface area contributed by atoms with Gasteiger partial charge in [0.05, 0.1) is 17.6 Å². The smallest absolute Gasteiger partial charge is 0.411 e. The van der Waals surface area contributed by atoms with Crippen LogP contribution < -0.4 is 4.74 Å². The third-order valence-corrected chi connectivity index (χ3v) is 5.89. The number of esters is 1. The average Bonchev–Trinajstić information content (AvgIpc) is 2.81. The number of hydrogen-bond acceptors (Lipinski definition) is 10. The van der Waals surface area contributed by atoms with Gasteiger partial charge >= 0.3 is 18.2 Å². The van der Waals surface area contributed by atoms with E-state index in [9.17, 15) is 24.5 Å². The third-order valence-electron chi connectivity index (χ3n) is 5.49. The number of rotatable bonds is 6. The van der Waals surface area contributed by atoms with Crippen LogP contribution in [0.25, 0.3) is 0 Å². The van der Waals surface area contributed by atoms with Crippen molar-refractivity contribution in [2.24, 2.45) is 0 Å². The van der Waals surface area contributed by atoms with Crippen molar-refractivity contribution in [1.29, 1.82) is 0 Å². The highest BCUT2D eigenvalue weighted by Crippen LogP contribution is 2.25. The van der Waals surface area contributed by atoms with Gasteiger partial charge in [0.2, 0.25) is 0 Å². The Kier molecular flexibility index (Phi) is 10.7. The summed E-state index contributed by atoms with van der Waals surface area (Å²) in [5.41, 5.74) is -1.75. The molecule has 1 aromatic rings. The molecule has 0 N–H and O–H groups in total. The minimum atomic E-state index is -1.24. The molecule has 1 saturated heterocycles. The first-order chi connectivity index (χ1) is 18.4. The molecule has 0 saturated carbocycles. The molecule has 0 spiro atoms. The molecule has 1 heterocycles. The normalized spacial score (nSPS) is 17.5. The molecule has 0 bridgehead atoms. The largest absolute Gasteiger partial charge is 0.464 e. The number of piperazine rings is 1. The Hall–Kier alpha value is -3.68. The quantitative estimate of drug-likeness (QED) is 0.158. The Morgan fingerprint density at radius 1 is 1.00 bits per heavy atom. The number of nitro groups is 1. The number of non-ortho nitro benzene ring substituents is 1. The van der Waals surface area contributed by atoms with Crippen molar-refractivity contribution < 1.29 is 38.3 Å². The molecule has 2 amide bonds. The van der Waals surface area contributed by atoms with Crippen molar-refractivity contribution in [3.63, 3.8) is 0 Å². The van der Waals surface area contributed by atoms with E-state index in [1.54, 1.807) is 55.5 Å². The summed E-state index contributed by atoms with van der Waals surface area (Å²) < 4.78 is 22.2. The monoisotopic (exact) mass is 582 g/mol. The molecule has 0 unspecified atom stereocenters. The number of nitro benzene ring substituents is 1. The standard InChI is InChI=1S/C26H38N4O9S/c1-9-36-21(31)20-19(16-27(8)24(40)37-18-12-10-17(11-13-18)30(34)35)28(22(32)38-25(2,3)4)14-15-29(20)23(33)39-26(5,6)7/h10-13,19-20H,9,14-16H2,1-8H3/t19-,20+/m0/s1. The highest BCUT2D eigenvalue weighted by molar-refractivity contribution is 7.80. The van der Waals surface area contributed by atoms with Crippen LogP contribution >= 0.6 is 12.2 Å². The first-order valence-corrected chi connectivity index (χ1v) is 13.2. The van der Waals surface area contributed by atoms with Crippen molar-refractivity contribution in [1.82, 2.24) is 14.7 Å². The topological polar surface area (TPSA) is 141 Å². The van der Waals surface area contributed by atoms with E-state index in [2.05, 4.69) is 0 Å². The number of hydrogen-bond donors (Lipinski definition) is 0. The number of benzene rings is 1. The van der Waals surface area contributed by atoms with E-state index in [0.717, 1.165) is 0 Å². The number of ether oxygens (including phenoxy) is 4. The van der Waals surface area contributed by atoms with Crippen LogP contribution in [0.4, 0.5) is 15.3 Å². The lowest BCUT2D eigenvalue weighted by molar-refractivity contribution is -0.384. The minimum absolute atomic E-state index is 0.00158. The van der Waals surface area contributed by atoms with E-state index in [-0.39, 0.29) is 42.9 Å². The maximum absolute atomic E-state index is 13.3. The number of amides is 2. The molecule has 222 valence electrons.